The van der Waals surface area contributed by atoms with E-state index in [9.17, 15) is 14.7 Å². The van der Waals surface area contributed by atoms with Crippen molar-refractivity contribution in [1.29, 1.82) is 0 Å². The number of rotatable bonds is 6. The third kappa shape index (κ3) is 4.59. The highest BCUT2D eigenvalue weighted by Gasteiger charge is 2.25. The highest BCUT2D eigenvalue weighted by molar-refractivity contribution is 6.31. The lowest BCUT2D eigenvalue weighted by Gasteiger charge is -2.25. The highest BCUT2D eigenvalue weighted by atomic mass is 35.5. The lowest BCUT2D eigenvalue weighted by molar-refractivity contribution is -0.143. The minimum Gasteiger partial charge on any atom is -0.480 e. The van der Waals surface area contributed by atoms with Crippen molar-refractivity contribution in [2.75, 3.05) is 21.1 Å². The van der Waals surface area contributed by atoms with Gasteiger partial charge in [-0.3, -0.25) is 14.5 Å². The van der Waals surface area contributed by atoms with E-state index in [-0.39, 0.29) is 5.91 Å². The lowest BCUT2D eigenvalue weighted by Crippen LogP contribution is -2.30. The number of hydrogen-bond acceptors (Lipinski definition) is 3. The van der Waals surface area contributed by atoms with Crippen molar-refractivity contribution in [1.82, 2.24) is 9.80 Å². The number of halogens is 1. The van der Waals surface area contributed by atoms with Crippen LogP contribution < -0.4 is 0 Å². The molecule has 2 aromatic carbocycles. The van der Waals surface area contributed by atoms with Crippen molar-refractivity contribution in [3.8, 4) is 0 Å². The number of amides is 1. The summed E-state index contributed by atoms with van der Waals surface area (Å²) >= 11 is 6.17. The number of aliphatic carboxylic acids is 1. The predicted molar refractivity (Wildman–Crippen MR) is 97.8 cm³/mol. The molecule has 5 nitrogen and oxygen atoms in total. The van der Waals surface area contributed by atoms with Crippen molar-refractivity contribution in [2.45, 2.75) is 12.6 Å². The molecule has 0 saturated carbocycles. The Morgan fingerprint density at radius 1 is 1.04 bits per heavy atom. The Hall–Kier alpha value is -2.37. The third-order valence-electron chi connectivity index (χ3n) is 3.93. The quantitative estimate of drug-likeness (QED) is 0.858. The Kier molecular flexibility index (Phi) is 6.17. The molecule has 2 aromatic rings. The van der Waals surface area contributed by atoms with Gasteiger partial charge in [-0.25, -0.2) is 0 Å². The first kappa shape index (κ1) is 19.0. The molecule has 0 fully saturated rings. The average molecular weight is 361 g/mol. The molecule has 0 spiro atoms. The summed E-state index contributed by atoms with van der Waals surface area (Å²) in [6, 6.07) is 13.2. The zero-order valence-corrected chi connectivity index (χ0v) is 15.2. The van der Waals surface area contributed by atoms with Crippen LogP contribution in [-0.4, -0.2) is 47.9 Å². The Balaban J connectivity index is 2.24. The van der Waals surface area contributed by atoms with Crippen LogP contribution in [0.3, 0.4) is 0 Å². The topological polar surface area (TPSA) is 60.9 Å². The molecule has 1 atom stereocenters. The number of benzene rings is 2. The molecule has 0 heterocycles. The Labute approximate surface area is 152 Å². The molecule has 1 unspecified atom stereocenters. The summed E-state index contributed by atoms with van der Waals surface area (Å²) in [7, 11) is 5.09. The van der Waals surface area contributed by atoms with Crippen LogP contribution in [0.4, 0.5) is 0 Å². The van der Waals surface area contributed by atoms with Crippen LogP contribution in [0.15, 0.2) is 48.5 Å². The first-order valence-corrected chi connectivity index (χ1v) is 8.17. The monoisotopic (exact) mass is 360 g/mol. The number of carbonyl (C=O) groups excluding carboxylic acids is 1. The molecule has 132 valence electrons. The van der Waals surface area contributed by atoms with Gasteiger partial charge in [0.2, 0.25) is 0 Å². The molecule has 1 amide bonds. The lowest BCUT2D eigenvalue weighted by atomic mass is 10.0. The van der Waals surface area contributed by atoms with Crippen molar-refractivity contribution in [2.24, 2.45) is 0 Å². The summed E-state index contributed by atoms with van der Waals surface area (Å²) in [5, 5.41) is 10.3. The Morgan fingerprint density at radius 2 is 1.64 bits per heavy atom. The van der Waals surface area contributed by atoms with Crippen LogP contribution in [0.1, 0.15) is 27.5 Å². The largest absolute Gasteiger partial charge is 0.480 e. The van der Waals surface area contributed by atoms with E-state index >= 15 is 0 Å². The van der Waals surface area contributed by atoms with Gasteiger partial charge in [-0.1, -0.05) is 41.9 Å². The van der Waals surface area contributed by atoms with E-state index in [2.05, 4.69) is 0 Å². The molecule has 0 bridgehead atoms. The number of carboxylic acids is 1. The van der Waals surface area contributed by atoms with Crippen LogP contribution in [0.5, 0.6) is 0 Å². The fraction of sp³-hybridized carbons (Fsp3) is 0.263. The zero-order chi connectivity index (χ0) is 18.6. The summed E-state index contributed by atoms with van der Waals surface area (Å²) in [6.07, 6.45) is 0. The van der Waals surface area contributed by atoms with Crippen molar-refractivity contribution < 1.29 is 14.7 Å². The number of nitrogens with zero attached hydrogens (tertiary/aromatic N) is 2. The SMILES string of the molecule is CN(C)C(=O)c1ccc(C(C(=O)O)N(C)Cc2ccccc2Cl)cc1. The van der Waals surface area contributed by atoms with Crippen molar-refractivity contribution in [3.05, 3.63) is 70.2 Å². The maximum Gasteiger partial charge on any atom is 0.325 e. The summed E-state index contributed by atoms with van der Waals surface area (Å²) in [6.45, 7) is 0.398. The van der Waals surface area contributed by atoms with Gasteiger partial charge in [-0.15, -0.1) is 0 Å². The van der Waals surface area contributed by atoms with E-state index in [1.165, 1.54) is 4.90 Å². The molecule has 0 radical (unpaired) electrons. The first-order chi connectivity index (χ1) is 11.8. The second kappa shape index (κ2) is 8.14. The second-order valence-corrected chi connectivity index (χ2v) is 6.48. The minimum absolute atomic E-state index is 0.122. The average Bonchev–Trinajstić information content (AvgIpc) is 2.56. The molecule has 6 heteroatoms. The van der Waals surface area contributed by atoms with Gasteiger partial charge >= 0.3 is 5.97 Å². The fourth-order valence-electron chi connectivity index (χ4n) is 2.64. The Bertz CT molecular complexity index is 760. The van der Waals surface area contributed by atoms with Crippen LogP contribution in [0.25, 0.3) is 0 Å². The molecule has 0 aliphatic heterocycles. The minimum atomic E-state index is -0.957. The molecule has 2 rings (SSSR count). The van der Waals surface area contributed by atoms with Crippen molar-refractivity contribution in [3.63, 3.8) is 0 Å². The van der Waals surface area contributed by atoms with E-state index in [4.69, 9.17) is 11.6 Å². The molecule has 1 N–H and O–H groups in total. The van der Waals surface area contributed by atoms with Gasteiger partial charge in [0.15, 0.2) is 0 Å². The van der Waals surface area contributed by atoms with Crippen LogP contribution >= 0.6 is 11.6 Å². The summed E-state index contributed by atoms with van der Waals surface area (Å²) in [5.41, 5.74) is 1.99. The standard InChI is InChI=1S/C19H21ClN2O3/c1-21(2)18(23)14-10-8-13(9-11-14)17(19(24)25)22(3)12-15-6-4-5-7-16(15)20/h4-11,17H,12H2,1-3H3,(H,24,25). The van der Waals surface area contributed by atoms with Gasteiger partial charge in [0, 0.05) is 31.2 Å². The second-order valence-electron chi connectivity index (χ2n) is 6.07. The smallest absolute Gasteiger partial charge is 0.325 e. The van der Waals surface area contributed by atoms with Gasteiger partial charge in [-0.2, -0.15) is 0 Å². The van der Waals surface area contributed by atoms with Gasteiger partial charge < -0.3 is 10.0 Å². The van der Waals surface area contributed by atoms with E-state index in [1.807, 2.05) is 18.2 Å². The maximum absolute atomic E-state index is 12.0. The molecular formula is C19H21ClN2O3. The van der Waals surface area contributed by atoms with Crippen LogP contribution in [0.2, 0.25) is 5.02 Å². The van der Waals surface area contributed by atoms with Gasteiger partial charge in [0.1, 0.15) is 6.04 Å². The van der Waals surface area contributed by atoms with E-state index < -0.39 is 12.0 Å². The van der Waals surface area contributed by atoms with E-state index in [0.717, 1.165) is 5.56 Å². The summed E-state index contributed by atoms with van der Waals surface area (Å²) in [4.78, 5) is 26.9. The van der Waals surface area contributed by atoms with Crippen molar-refractivity contribution >= 4 is 23.5 Å². The van der Waals surface area contributed by atoms with E-state index in [1.54, 1.807) is 56.4 Å². The molecule has 0 aliphatic rings. The van der Waals surface area contributed by atoms with E-state index in [0.29, 0.717) is 22.7 Å². The normalized spacial score (nSPS) is 12.0. The molecule has 25 heavy (non-hydrogen) atoms. The Morgan fingerprint density at radius 3 is 2.16 bits per heavy atom. The number of carbonyl (C=O) groups is 2. The van der Waals surface area contributed by atoms with Gasteiger partial charge in [-0.05, 0) is 36.4 Å². The molecular weight excluding hydrogens is 340 g/mol. The summed E-state index contributed by atoms with van der Waals surface area (Å²) in [5.74, 6) is -1.08. The van der Waals surface area contributed by atoms with Gasteiger partial charge in [0.25, 0.3) is 5.91 Å². The third-order valence-corrected chi connectivity index (χ3v) is 4.30. The first-order valence-electron chi connectivity index (χ1n) is 7.79. The highest BCUT2D eigenvalue weighted by Crippen LogP contribution is 2.25. The maximum atomic E-state index is 12.0. The zero-order valence-electron chi connectivity index (χ0n) is 14.4. The number of hydrogen-bond donors (Lipinski definition) is 1. The predicted octanol–water partition coefficient (Wildman–Crippen LogP) is 3.30. The number of carboxylic acid groups (broad SMARTS) is 1. The molecule has 0 aliphatic carbocycles. The summed E-state index contributed by atoms with van der Waals surface area (Å²) < 4.78 is 0. The fourth-order valence-corrected chi connectivity index (χ4v) is 2.83. The van der Waals surface area contributed by atoms with Gasteiger partial charge in [0.05, 0.1) is 0 Å². The molecule has 0 saturated heterocycles. The van der Waals surface area contributed by atoms with Crippen LogP contribution in [-0.2, 0) is 11.3 Å². The van der Waals surface area contributed by atoms with Crippen LogP contribution in [0, 0.1) is 0 Å². The molecule has 0 aromatic heterocycles. The number of likely N-dealkylation sites (N-methyl/N-ethyl adjacent to an activating group) is 1.